The summed E-state index contributed by atoms with van der Waals surface area (Å²) in [4.78, 5) is 29.0. The number of thiazole rings is 1. The zero-order valence-corrected chi connectivity index (χ0v) is 16.2. The highest BCUT2D eigenvalue weighted by atomic mass is 35.5. The van der Waals surface area contributed by atoms with E-state index < -0.39 is 5.97 Å². The van der Waals surface area contributed by atoms with Gasteiger partial charge in [-0.25, -0.2) is 9.78 Å². The molecule has 7 nitrogen and oxygen atoms in total. The van der Waals surface area contributed by atoms with Crippen molar-refractivity contribution in [1.82, 2.24) is 4.98 Å². The fourth-order valence-electron chi connectivity index (χ4n) is 2.35. The predicted molar refractivity (Wildman–Crippen MR) is 111 cm³/mol. The van der Waals surface area contributed by atoms with Crippen molar-refractivity contribution in [3.05, 3.63) is 70.2 Å². The Hall–Kier alpha value is -3.23. The Morgan fingerprint density at radius 3 is 2.68 bits per heavy atom. The SMILES string of the molecule is CC(=O)N(c1ccccc1)c1nc(/C=N\Nc2cc(C(=O)O)ccc2Cl)cs1. The molecule has 0 radical (unpaired) electrons. The summed E-state index contributed by atoms with van der Waals surface area (Å²) in [5, 5.41) is 15.7. The molecule has 3 rings (SSSR count). The number of hydrogen-bond donors (Lipinski definition) is 2. The number of aromatic nitrogens is 1. The Labute approximate surface area is 169 Å². The van der Waals surface area contributed by atoms with Gasteiger partial charge < -0.3 is 5.11 Å². The van der Waals surface area contributed by atoms with E-state index in [1.807, 2.05) is 30.3 Å². The number of hydrogen-bond acceptors (Lipinski definition) is 6. The number of carboxylic acids is 1. The molecule has 0 atom stereocenters. The number of nitrogens with one attached hydrogen (secondary N) is 1. The molecule has 0 unspecified atom stereocenters. The van der Waals surface area contributed by atoms with Crippen molar-refractivity contribution in [2.24, 2.45) is 5.10 Å². The second-order valence-electron chi connectivity index (χ2n) is 5.61. The Kier molecular flexibility index (Phi) is 6.03. The van der Waals surface area contributed by atoms with E-state index in [0.717, 1.165) is 5.69 Å². The van der Waals surface area contributed by atoms with Crippen LogP contribution in [0.3, 0.4) is 0 Å². The molecule has 0 saturated carbocycles. The molecule has 2 aromatic carbocycles. The standard InChI is InChI=1S/C19H15ClN4O3S/c1-12(25)24(15-5-3-2-4-6-15)19-22-14(11-28-19)10-21-23-17-9-13(18(26)27)7-8-16(17)20/h2-11,23H,1H3,(H,26,27)/b21-10-. The summed E-state index contributed by atoms with van der Waals surface area (Å²) in [6, 6.07) is 13.5. The van der Waals surface area contributed by atoms with Crippen molar-refractivity contribution >= 4 is 57.5 Å². The van der Waals surface area contributed by atoms with Gasteiger partial charge in [0.25, 0.3) is 0 Å². The summed E-state index contributed by atoms with van der Waals surface area (Å²) in [6.07, 6.45) is 1.47. The highest BCUT2D eigenvalue weighted by Gasteiger charge is 2.17. The summed E-state index contributed by atoms with van der Waals surface area (Å²) in [6.45, 7) is 1.47. The van der Waals surface area contributed by atoms with Crippen LogP contribution in [0.5, 0.6) is 0 Å². The van der Waals surface area contributed by atoms with Crippen molar-refractivity contribution in [2.45, 2.75) is 6.92 Å². The quantitative estimate of drug-likeness (QED) is 0.453. The smallest absolute Gasteiger partial charge is 0.335 e. The lowest BCUT2D eigenvalue weighted by molar-refractivity contribution is -0.115. The molecule has 0 aliphatic heterocycles. The molecular weight excluding hydrogens is 400 g/mol. The zero-order chi connectivity index (χ0) is 20.1. The number of carboxylic acid groups (broad SMARTS) is 1. The molecule has 2 N–H and O–H groups in total. The lowest BCUT2D eigenvalue weighted by Crippen LogP contribution is -2.22. The first-order valence-corrected chi connectivity index (χ1v) is 9.34. The van der Waals surface area contributed by atoms with E-state index in [4.69, 9.17) is 16.7 Å². The normalized spacial score (nSPS) is 10.8. The van der Waals surface area contributed by atoms with Gasteiger partial charge in [-0.1, -0.05) is 29.8 Å². The number of halogens is 1. The van der Waals surface area contributed by atoms with Crippen molar-refractivity contribution in [2.75, 3.05) is 10.3 Å². The second kappa shape index (κ2) is 8.64. The van der Waals surface area contributed by atoms with Crippen LogP contribution >= 0.6 is 22.9 Å². The third-order valence-electron chi connectivity index (χ3n) is 3.63. The third-order valence-corrected chi connectivity index (χ3v) is 4.80. The maximum Gasteiger partial charge on any atom is 0.335 e. The summed E-state index contributed by atoms with van der Waals surface area (Å²) in [5.74, 6) is -1.21. The van der Waals surface area contributed by atoms with Gasteiger partial charge in [0.05, 0.1) is 33.9 Å². The van der Waals surface area contributed by atoms with Crippen LogP contribution in [0.25, 0.3) is 0 Å². The number of carbonyl (C=O) groups excluding carboxylic acids is 1. The van der Waals surface area contributed by atoms with Crippen LogP contribution in [0.4, 0.5) is 16.5 Å². The summed E-state index contributed by atoms with van der Waals surface area (Å²) >= 11 is 7.35. The van der Waals surface area contributed by atoms with Gasteiger partial charge in [0, 0.05) is 12.3 Å². The molecule has 28 heavy (non-hydrogen) atoms. The Bertz CT molecular complexity index is 1040. The minimum Gasteiger partial charge on any atom is -0.478 e. The summed E-state index contributed by atoms with van der Waals surface area (Å²) < 4.78 is 0. The largest absolute Gasteiger partial charge is 0.478 e. The van der Waals surface area contributed by atoms with Crippen LogP contribution in [-0.4, -0.2) is 28.2 Å². The molecule has 0 fully saturated rings. The maximum atomic E-state index is 12.1. The van der Waals surface area contributed by atoms with Gasteiger partial charge in [-0.05, 0) is 30.3 Å². The first kappa shape index (κ1) is 19.5. The highest BCUT2D eigenvalue weighted by molar-refractivity contribution is 7.14. The van der Waals surface area contributed by atoms with Gasteiger partial charge in [-0.15, -0.1) is 11.3 Å². The number of benzene rings is 2. The van der Waals surface area contributed by atoms with Crippen molar-refractivity contribution in [3.63, 3.8) is 0 Å². The minimum atomic E-state index is -1.06. The van der Waals surface area contributed by atoms with Crippen LogP contribution in [0, 0.1) is 0 Å². The molecule has 0 aliphatic rings. The third kappa shape index (κ3) is 4.54. The van der Waals surface area contributed by atoms with E-state index in [0.29, 0.717) is 21.5 Å². The van der Waals surface area contributed by atoms with Crippen LogP contribution in [-0.2, 0) is 4.79 Å². The number of amides is 1. The van der Waals surface area contributed by atoms with E-state index in [2.05, 4.69) is 15.5 Å². The lowest BCUT2D eigenvalue weighted by atomic mass is 10.2. The maximum absolute atomic E-state index is 12.1. The molecule has 0 aliphatic carbocycles. The fourth-order valence-corrected chi connectivity index (χ4v) is 3.35. The van der Waals surface area contributed by atoms with Gasteiger partial charge in [-0.2, -0.15) is 5.10 Å². The second-order valence-corrected chi connectivity index (χ2v) is 6.86. The molecule has 0 bridgehead atoms. The fraction of sp³-hybridized carbons (Fsp3) is 0.0526. The number of aromatic carboxylic acids is 1. The topological polar surface area (TPSA) is 94.9 Å². The molecule has 1 heterocycles. The van der Waals surface area contributed by atoms with E-state index in [1.54, 1.807) is 5.38 Å². The average molecular weight is 415 g/mol. The molecule has 9 heteroatoms. The molecule has 0 spiro atoms. The zero-order valence-electron chi connectivity index (χ0n) is 14.7. The Balaban J connectivity index is 1.77. The lowest BCUT2D eigenvalue weighted by Gasteiger charge is -2.17. The van der Waals surface area contributed by atoms with Gasteiger partial charge in [-0.3, -0.25) is 15.1 Å². The molecule has 1 aromatic heterocycles. The van der Waals surface area contributed by atoms with E-state index >= 15 is 0 Å². The van der Waals surface area contributed by atoms with Crippen LogP contribution in [0.15, 0.2) is 59.0 Å². The molecule has 3 aromatic rings. The number of nitrogens with zero attached hydrogens (tertiary/aromatic N) is 3. The molecule has 1 amide bonds. The molecule has 142 valence electrons. The average Bonchev–Trinajstić information content (AvgIpc) is 3.12. The minimum absolute atomic E-state index is 0.0954. The van der Waals surface area contributed by atoms with Gasteiger partial charge >= 0.3 is 5.97 Å². The van der Waals surface area contributed by atoms with Crippen molar-refractivity contribution in [1.29, 1.82) is 0 Å². The highest BCUT2D eigenvalue weighted by Crippen LogP contribution is 2.28. The summed E-state index contributed by atoms with van der Waals surface area (Å²) in [7, 11) is 0. The first-order chi connectivity index (χ1) is 13.5. The molecular formula is C19H15ClN4O3S. The number of carbonyl (C=O) groups is 2. The van der Waals surface area contributed by atoms with Gasteiger partial charge in [0.1, 0.15) is 0 Å². The van der Waals surface area contributed by atoms with Crippen molar-refractivity contribution < 1.29 is 14.7 Å². The Morgan fingerprint density at radius 2 is 2.00 bits per heavy atom. The monoisotopic (exact) mass is 414 g/mol. The van der Waals surface area contributed by atoms with E-state index in [-0.39, 0.29) is 11.5 Å². The Morgan fingerprint density at radius 1 is 1.25 bits per heavy atom. The van der Waals surface area contributed by atoms with Crippen LogP contribution < -0.4 is 10.3 Å². The first-order valence-electron chi connectivity index (χ1n) is 8.09. The predicted octanol–water partition coefficient (Wildman–Crippen LogP) is 4.63. The number of anilines is 3. The van der Waals surface area contributed by atoms with Crippen LogP contribution in [0.1, 0.15) is 23.0 Å². The number of para-hydroxylation sites is 1. The number of rotatable bonds is 6. The van der Waals surface area contributed by atoms with Crippen molar-refractivity contribution in [3.8, 4) is 0 Å². The van der Waals surface area contributed by atoms with E-state index in [9.17, 15) is 9.59 Å². The van der Waals surface area contributed by atoms with Gasteiger partial charge in [0.15, 0.2) is 5.13 Å². The summed E-state index contributed by atoms with van der Waals surface area (Å²) in [5.41, 5.74) is 4.43. The number of hydrazone groups is 1. The molecule has 0 saturated heterocycles. The van der Waals surface area contributed by atoms with Crippen LogP contribution in [0.2, 0.25) is 5.02 Å². The van der Waals surface area contributed by atoms with Gasteiger partial charge in [0.2, 0.25) is 5.91 Å². The van der Waals surface area contributed by atoms with E-state index in [1.165, 1.54) is 47.6 Å².